The molecule has 194 valence electrons. The van der Waals surface area contributed by atoms with Gasteiger partial charge in [0.05, 0.1) is 5.69 Å². The quantitative estimate of drug-likeness (QED) is 0.106. The van der Waals surface area contributed by atoms with Crippen molar-refractivity contribution in [2.75, 3.05) is 5.32 Å². The molecule has 0 aliphatic heterocycles. The highest BCUT2D eigenvalue weighted by atomic mass is 127. The van der Waals surface area contributed by atoms with E-state index in [4.69, 9.17) is 0 Å². The van der Waals surface area contributed by atoms with E-state index in [1.54, 1.807) is 0 Å². The van der Waals surface area contributed by atoms with Gasteiger partial charge in [0.25, 0.3) is 5.91 Å². The second-order valence-corrected chi connectivity index (χ2v) is 9.36. The average Bonchev–Trinajstić information content (AvgIpc) is 2.72. The van der Waals surface area contributed by atoms with E-state index in [0.29, 0.717) is 10.1 Å². The predicted octanol–water partition coefficient (Wildman–Crippen LogP) is 7.23. The van der Waals surface area contributed by atoms with Crippen LogP contribution in [-0.4, -0.2) is 23.8 Å². The van der Waals surface area contributed by atoms with Gasteiger partial charge in [-0.25, -0.2) is 4.39 Å². The van der Waals surface area contributed by atoms with Crippen molar-refractivity contribution < 1.29 is 53.4 Å². The lowest BCUT2D eigenvalue weighted by molar-refractivity contribution is -0.577. The summed E-state index contributed by atoms with van der Waals surface area (Å²) in [4.78, 5) is 11.4. The number of carbonyl (C=O) groups is 1. The number of alkyl halides is 10. The molecular weight excluding hydrogens is 649 g/mol. The minimum Gasteiger partial charge on any atom is -0.618 e. The largest absolute Gasteiger partial charge is 0.618 e. The highest BCUT2D eigenvalue weighted by Gasteiger charge is 2.73. The summed E-state index contributed by atoms with van der Waals surface area (Å²) in [5.74, 6) is -1.13. The van der Waals surface area contributed by atoms with Crippen molar-refractivity contribution in [3.63, 3.8) is 0 Å². The number of fused-ring (bicyclic) bond motifs is 1. The Labute approximate surface area is 212 Å². The molecule has 0 fully saturated rings. The molecular formula is C20H9F10IN2O2S. The zero-order chi connectivity index (χ0) is 27.3. The summed E-state index contributed by atoms with van der Waals surface area (Å²) in [6.07, 6.45) is -12.0. The van der Waals surface area contributed by atoms with Crippen LogP contribution in [0.5, 0.6) is 0 Å². The van der Waals surface area contributed by atoms with E-state index in [1.165, 1.54) is 24.3 Å². The number of pyridine rings is 1. The highest BCUT2D eigenvalue weighted by molar-refractivity contribution is 14.1. The lowest BCUT2D eigenvalue weighted by atomic mass is 9.94. The van der Waals surface area contributed by atoms with E-state index in [9.17, 15) is 53.9 Å². The Morgan fingerprint density at radius 3 is 2.08 bits per heavy atom. The van der Waals surface area contributed by atoms with Crippen LogP contribution in [-0.2, 0) is 5.67 Å². The van der Waals surface area contributed by atoms with E-state index in [-0.39, 0.29) is 23.2 Å². The molecule has 1 amide bonds. The van der Waals surface area contributed by atoms with E-state index in [1.807, 2.05) is 5.32 Å². The zero-order valence-corrected chi connectivity index (χ0v) is 19.9. The van der Waals surface area contributed by atoms with E-state index in [2.05, 4.69) is 0 Å². The topological polar surface area (TPSA) is 56.0 Å². The Hall–Kier alpha value is -2.50. The lowest BCUT2D eigenvalue weighted by Crippen LogP contribution is -2.50. The Morgan fingerprint density at radius 2 is 1.53 bits per heavy atom. The summed E-state index contributed by atoms with van der Waals surface area (Å²) in [6.45, 7) is 0. The number of aromatic nitrogens is 1. The van der Waals surface area contributed by atoms with Gasteiger partial charge in [0.1, 0.15) is 0 Å². The van der Waals surface area contributed by atoms with Gasteiger partial charge in [0.2, 0.25) is 5.52 Å². The van der Waals surface area contributed by atoms with Crippen LogP contribution in [0.4, 0.5) is 49.6 Å². The maximum Gasteiger partial charge on any atom is 0.446 e. The van der Waals surface area contributed by atoms with Gasteiger partial charge in [-0.2, -0.15) is 44.2 Å². The van der Waals surface area contributed by atoms with Crippen LogP contribution < -0.4 is 10.0 Å². The normalized spacial score (nSPS) is 13.2. The molecule has 0 saturated heterocycles. The zero-order valence-electron chi connectivity index (χ0n) is 16.9. The molecule has 0 radical (unpaired) electrons. The van der Waals surface area contributed by atoms with E-state index in [0.717, 1.165) is 34.9 Å². The molecule has 36 heavy (non-hydrogen) atoms. The summed E-state index contributed by atoms with van der Waals surface area (Å²) in [7, 11) is 0. The Morgan fingerprint density at radius 1 is 0.917 bits per heavy atom. The maximum absolute atomic E-state index is 14.5. The summed E-state index contributed by atoms with van der Waals surface area (Å²) in [6, 6.07) is 6.32. The number of hydrogen-bond acceptors (Lipinski definition) is 3. The van der Waals surface area contributed by atoms with Crippen molar-refractivity contribution in [2.24, 2.45) is 0 Å². The van der Waals surface area contributed by atoms with Crippen LogP contribution in [0.3, 0.4) is 0 Å². The van der Waals surface area contributed by atoms with E-state index >= 15 is 0 Å². The van der Waals surface area contributed by atoms with Gasteiger partial charge in [-0.3, -0.25) is 4.79 Å². The van der Waals surface area contributed by atoms with E-state index < -0.39 is 60.9 Å². The highest BCUT2D eigenvalue weighted by Crippen LogP contribution is 2.55. The number of carbonyl (C=O) groups excluding carboxylic acids is 1. The standard InChI is InChI=1S/C20H9F10IN2O2S/c21-17(18(22,23)24,19(25,26)27)11-7-12(31)15(14(8-11)36-20(28,29)30)32-16(34)10-4-3-9-2-1-5-33(35)13(9)6-10/h1-8H,(H,32,34). The number of amides is 1. The van der Waals surface area contributed by atoms with Crippen molar-refractivity contribution in [3.05, 3.63) is 68.6 Å². The summed E-state index contributed by atoms with van der Waals surface area (Å²) < 4.78 is 132. The van der Waals surface area contributed by atoms with Gasteiger partial charge in [-0.15, -0.1) is 0 Å². The second kappa shape index (κ2) is 9.42. The van der Waals surface area contributed by atoms with Crippen molar-refractivity contribution in [2.45, 2.75) is 28.4 Å². The third-order valence-corrected chi connectivity index (χ3v) is 6.35. The van der Waals surface area contributed by atoms with Gasteiger partial charge >= 0.3 is 23.5 Å². The maximum atomic E-state index is 14.5. The molecule has 1 aromatic heterocycles. The molecule has 0 atom stereocenters. The minimum absolute atomic E-state index is 0.00217. The van der Waals surface area contributed by atoms with Gasteiger partial charge in [0.15, 0.2) is 6.20 Å². The monoisotopic (exact) mass is 658 g/mol. The summed E-state index contributed by atoms with van der Waals surface area (Å²) in [5, 5.41) is 14.3. The number of nitrogens with zero attached hydrogens (tertiary/aromatic N) is 1. The molecule has 3 aromatic rings. The molecule has 0 unspecified atom stereocenters. The van der Waals surface area contributed by atoms with Crippen molar-refractivity contribution >= 4 is 56.9 Å². The first kappa shape index (κ1) is 28.1. The fourth-order valence-corrected chi connectivity index (χ4v) is 4.74. The molecule has 0 saturated carbocycles. The molecule has 0 spiro atoms. The van der Waals surface area contributed by atoms with Crippen molar-refractivity contribution in [1.29, 1.82) is 0 Å². The molecule has 1 heterocycles. The number of halogens is 11. The number of nitrogens with one attached hydrogen (secondary N) is 1. The first-order valence-corrected chi connectivity index (χ1v) is 11.1. The number of rotatable bonds is 4. The fourth-order valence-electron chi connectivity index (χ4n) is 3.10. The molecule has 16 heteroatoms. The average molecular weight is 658 g/mol. The lowest BCUT2D eigenvalue weighted by Gasteiger charge is -2.31. The van der Waals surface area contributed by atoms with Crippen molar-refractivity contribution in [3.8, 4) is 0 Å². The Balaban J connectivity index is 2.14. The predicted molar refractivity (Wildman–Crippen MR) is 117 cm³/mol. The van der Waals surface area contributed by atoms with Gasteiger partial charge in [0, 0.05) is 37.1 Å². The van der Waals surface area contributed by atoms with Crippen LogP contribution in [0.25, 0.3) is 10.9 Å². The van der Waals surface area contributed by atoms with Crippen molar-refractivity contribution in [1.82, 2.24) is 0 Å². The Kier molecular flexibility index (Phi) is 7.35. The number of thioether (sulfide) groups is 1. The van der Waals surface area contributed by atoms with Crippen LogP contribution in [0, 0.1) is 8.78 Å². The van der Waals surface area contributed by atoms with Crippen LogP contribution in [0.1, 0.15) is 15.9 Å². The molecule has 2 aromatic carbocycles. The first-order chi connectivity index (χ1) is 16.3. The third-order valence-electron chi connectivity index (χ3n) is 4.72. The number of anilines is 1. The molecule has 1 N–H and O–H groups in total. The van der Waals surface area contributed by atoms with Gasteiger partial charge in [-0.05, 0) is 64.7 Å². The molecule has 4 nitrogen and oxygen atoms in total. The summed E-state index contributed by atoms with van der Waals surface area (Å²) >= 11 is -0.0589. The molecule has 0 aliphatic carbocycles. The minimum atomic E-state index is -6.56. The SMILES string of the molecule is O=C(Nc1c(I)cc(C(F)(C(F)(F)F)C(F)(F)F)cc1SC(F)(F)F)c1ccc2ccc[n+]([O-])c2c1. The third kappa shape index (κ3) is 5.42. The molecule has 3 rings (SSSR count). The van der Waals surface area contributed by atoms with Gasteiger partial charge < -0.3 is 10.5 Å². The smallest absolute Gasteiger partial charge is 0.446 e. The van der Waals surface area contributed by atoms with Crippen LogP contribution in [0.15, 0.2) is 53.6 Å². The Bertz CT molecular complexity index is 1310. The van der Waals surface area contributed by atoms with Gasteiger partial charge in [-0.1, -0.05) is 0 Å². The van der Waals surface area contributed by atoms with Crippen LogP contribution >= 0.6 is 34.4 Å². The second-order valence-electron chi connectivity index (χ2n) is 7.09. The molecule has 0 aliphatic rings. The van der Waals surface area contributed by atoms with Crippen LogP contribution in [0.2, 0.25) is 0 Å². The molecule has 0 bridgehead atoms. The summed E-state index contributed by atoms with van der Waals surface area (Å²) in [5.41, 5.74) is -14.4. The number of benzene rings is 2. The number of hydrogen-bond donors (Lipinski definition) is 1. The fraction of sp³-hybridized carbons (Fsp3) is 0.200. The first-order valence-electron chi connectivity index (χ1n) is 9.20.